The van der Waals surface area contributed by atoms with Gasteiger partial charge in [0.1, 0.15) is 5.82 Å². The molecule has 0 unspecified atom stereocenters. The largest absolute Gasteiger partial charge is 0.348 e. The molecule has 7 nitrogen and oxygen atoms in total. The Kier molecular flexibility index (Phi) is 5.00. The van der Waals surface area contributed by atoms with Gasteiger partial charge in [-0.3, -0.25) is 4.79 Å². The van der Waals surface area contributed by atoms with E-state index < -0.39 is 5.79 Å². The third-order valence-corrected chi connectivity index (χ3v) is 4.89. The van der Waals surface area contributed by atoms with E-state index in [9.17, 15) is 9.18 Å². The highest BCUT2D eigenvalue weighted by Crippen LogP contribution is 2.32. The zero-order valence-corrected chi connectivity index (χ0v) is 14.9. The van der Waals surface area contributed by atoms with E-state index in [1.807, 2.05) is 0 Å². The number of nitrogens with one attached hydrogen (secondary N) is 1. The molecule has 4 rings (SSSR count). The van der Waals surface area contributed by atoms with Crippen LogP contribution >= 0.6 is 0 Å². The molecule has 1 amide bonds. The van der Waals surface area contributed by atoms with Crippen molar-refractivity contribution in [3.63, 3.8) is 0 Å². The van der Waals surface area contributed by atoms with Crippen LogP contribution < -0.4 is 10.2 Å². The number of nitrogens with zero attached hydrogens (tertiary/aromatic N) is 3. The van der Waals surface area contributed by atoms with Crippen molar-refractivity contribution in [3.05, 3.63) is 53.6 Å². The molecule has 0 aliphatic carbocycles. The second-order valence-corrected chi connectivity index (χ2v) is 6.68. The van der Waals surface area contributed by atoms with Crippen LogP contribution in [0, 0.1) is 5.82 Å². The van der Waals surface area contributed by atoms with E-state index in [0.29, 0.717) is 31.3 Å². The molecular formula is C19H21FN4O3. The first-order valence-corrected chi connectivity index (χ1v) is 9.01. The number of ether oxygens (including phenoxy) is 2. The Hall–Kier alpha value is -2.58. The van der Waals surface area contributed by atoms with Crippen molar-refractivity contribution in [3.8, 4) is 0 Å². The highest BCUT2D eigenvalue weighted by molar-refractivity contribution is 5.93. The van der Waals surface area contributed by atoms with Crippen LogP contribution in [0.2, 0.25) is 0 Å². The Morgan fingerprint density at radius 2 is 1.74 bits per heavy atom. The predicted octanol–water partition coefficient (Wildman–Crippen LogP) is 1.89. The van der Waals surface area contributed by atoms with E-state index in [4.69, 9.17) is 9.47 Å². The molecule has 3 heterocycles. The van der Waals surface area contributed by atoms with Crippen LogP contribution in [0.1, 0.15) is 28.8 Å². The normalized spacial score (nSPS) is 18.6. The lowest BCUT2D eigenvalue weighted by Gasteiger charge is -2.37. The van der Waals surface area contributed by atoms with Crippen LogP contribution in [0.5, 0.6) is 0 Å². The molecule has 1 aromatic carbocycles. The van der Waals surface area contributed by atoms with Gasteiger partial charge in [-0.15, -0.1) is 0 Å². The number of piperidine rings is 1. The second-order valence-electron chi connectivity index (χ2n) is 6.68. The third-order valence-electron chi connectivity index (χ3n) is 4.89. The van der Waals surface area contributed by atoms with Gasteiger partial charge >= 0.3 is 0 Å². The summed E-state index contributed by atoms with van der Waals surface area (Å²) in [5, 5.41) is 2.78. The van der Waals surface area contributed by atoms with E-state index in [2.05, 4.69) is 20.2 Å². The summed E-state index contributed by atoms with van der Waals surface area (Å²) in [4.78, 5) is 23.0. The molecule has 0 bridgehead atoms. The van der Waals surface area contributed by atoms with Gasteiger partial charge < -0.3 is 19.7 Å². The number of hydrogen-bond acceptors (Lipinski definition) is 6. The van der Waals surface area contributed by atoms with Gasteiger partial charge in [0.25, 0.3) is 5.91 Å². The molecule has 2 aliphatic rings. The Morgan fingerprint density at radius 1 is 1.11 bits per heavy atom. The van der Waals surface area contributed by atoms with Crippen LogP contribution in [0.15, 0.2) is 36.7 Å². The molecule has 1 aromatic heterocycles. The van der Waals surface area contributed by atoms with Crippen LogP contribution in [0.25, 0.3) is 0 Å². The van der Waals surface area contributed by atoms with Crippen LogP contribution in [-0.2, 0) is 16.0 Å². The number of benzene rings is 1. The average molecular weight is 372 g/mol. The quantitative estimate of drug-likeness (QED) is 0.883. The first-order valence-electron chi connectivity index (χ1n) is 9.01. The van der Waals surface area contributed by atoms with Gasteiger partial charge in [-0.1, -0.05) is 12.1 Å². The number of hydrogen-bond donors (Lipinski definition) is 1. The molecule has 2 fully saturated rings. The number of aromatic nitrogens is 2. The first kappa shape index (κ1) is 17.8. The minimum atomic E-state index is -0.434. The minimum Gasteiger partial charge on any atom is -0.348 e. The van der Waals surface area contributed by atoms with Crippen molar-refractivity contribution in [2.75, 3.05) is 31.2 Å². The lowest BCUT2D eigenvalue weighted by Crippen LogP contribution is -2.45. The summed E-state index contributed by atoms with van der Waals surface area (Å²) in [6, 6.07) is 6.00. The fraction of sp³-hybridized carbons (Fsp3) is 0.421. The smallest absolute Gasteiger partial charge is 0.254 e. The molecule has 27 heavy (non-hydrogen) atoms. The Bertz CT molecular complexity index is 782. The molecule has 2 aliphatic heterocycles. The second kappa shape index (κ2) is 7.58. The minimum absolute atomic E-state index is 0.267. The van der Waals surface area contributed by atoms with Gasteiger partial charge in [-0.05, 0) is 17.7 Å². The fourth-order valence-corrected chi connectivity index (χ4v) is 3.32. The van der Waals surface area contributed by atoms with Crippen molar-refractivity contribution < 1.29 is 18.7 Å². The van der Waals surface area contributed by atoms with Crippen LogP contribution in [0.3, 0.4) is 0 Å². The number of halogens is 1. The van der Waals surface area contributed by atoms with E-state index in [1.165, 1.54) is 24.5 Å². The lowest BCUT2D eigenvalue weighted by molar-refractivity contribution is -0.169. The molecule has 2 saturated heterocycles. The number of rotatable bonds is 4. The fourth-order valence-electron chi connectivity index (χ4n) is 3.32. The van der Waals surface area contributed by atoms with Gasteiger partial charge in [-0.2, -0.15) is 0 Å². The Labute approximate surface area is 156 Å². The molecule has 1 spiro atoms. The summed E-state index contributed by atoms with van der Waals surface area (Å²) in [5.74, 6) is -0.408. The van der Waals surface area contributed by atoms with Crippen molar-refractivity contribution in [1.82, 2.24) is 15.3 Å². The summed E-state index contributed by atoms with van der Waals surface area (Å²) in [5.41, 5.74) is 1.21. The highest BCUT2D eigenvalue weighted by Gasteiger charge is 2.40. The average Bonchev–Trinajstić information content (AvgIpc) is 3.16. The van der Waals surface area contributed by atoms with Gasteiger partial charge in [0.2, 0.25) is 5.95 Å². The van der Waals surface area contributed by atoms with Crippen molar-refractivity contribution in [2.45, 2.75) is 25.2 Å². The maximum absolute atomic E-state index is 12.9. The van der Waals surface area contributed by atoms with Gasteiger partial charge in [0.15, 0.2) is 5.79 Å². The summed E-state index contributed by atoms with van der Waals surface area (Å²) in [6.45, 7) is 3.11. The van der Waals surface area contributed by atoms with Crippen LogP contribution in [0.4, 0.5) is 10.3 Å². The van der Waals surface area contributed by atoms with Crippen LogP contribution in [-0.4, -0.2) is 48.0 Å². The highest BCUT2D eigenvalue weighted by atomic mass is 19.1. The van der Waals surface area contributed by atoms with Gasteiger partial charge in [0, 0.05) is 44.9 Å². The van der Waals surface area contributed by atoms with Crippen molar-refractivity contribution >= 4 is 11.9 Å². The zero-order valence-electron chi connectivity index (χ0n) is 14.9. The number of anilines is 1. The topological polar surface area (TPSA) is 76.6 Å². The van der Waals surface area contributed by atoms with E-state index in [1.54, 1.807) is 12.1 Å². The summed E-state index contributed by atoms with van der Waals surface area (Å²) in [7, 11) is 0. The van der Waals surface area contributed by atoms with E-state index in [-0.39, 0.29) is 11.7 Å². The first-order chi connectivity index (χ1) is 13.1. The lowest BCUT2D eigenvalue weighted by atomic mass is 10.0. The van der Waals surface area contributed by atoms with E-state index >= 15 is 0 Å². The number of carbonyl (C=O) groups is 1. The summed E-state index contributed by atoms with van der Waals surface area (Å²) < 4.78 is 24.4. The molecule has 0 atom stereocenters. The summed E-state index contributed by atoms with van der Waals surface area (Å²) >= 11 is 0. The Balaban J connectivity index is 1.32. The van der Waals surface area contributed by atoms with Gasteiger partial charge in [-0.25, -0.2) is 14.4 Å². The summed E-state index contributed by atoms with van der Waals surface area (Å²) in [6.07, 6.45) is 4.59. The van der Waals surface area contributed by atoms with Crippen molar-refractivity contribution in [2.24, 2.45) is 0 Å². The monoisotopic (exact) mass is 372 g/mol. The molecular weight excluding hydrogens is 351 g/mol. The Morgan fingerprint density at radius 3 is 2.37 bits per heavy atom. The van der Waals surface area contributed by atoms with Crippen molar-refractivity contribution in [1.29, 1.82) is 0 Å². The standard InChI is InChI=1S/C19H21FN4O3/c20-16-3-1-14(2-4-16)11-21-17(25)15-12-22-18(23-13-15)24-7-5-19(6-8-24)26-9-10-27-19/h1-4,12-13H,5-11H2,(H,21,25). The molecule has 0 saturated carbocycles. The molecule has 142 valence electrons. The maximum atomic E-state index is 12.9. The molecule has 2 aromatic rings. The molecule has 8 heteroatoms. The molecule has 0 radical (unpaired) electrons. The maximum Gasteiger partial charge on any atom is 0.254 e. The number of carbonyl (C=O) groups excluding carboxylic acids is 1. The number of amides is 1. The third kappa shape index (κ3) is 4.06. The SMILES string of the molecule is O=C(NCc1ccc(F)cc1)c1cnc(N2CCC3(CC2)OCCO3)nc1. The zero-order chi connectivity index (χ0) is 18.7. The predicted molar refractivity (Wildman–Crippen MR) is 95.7 cm³/mol. The van der Waals surface area contributed by atoms with Gasteiger partial charge in [0.05, 0.1) is 18.8 Å². The van der Waals surface area contributed by atoms with E-state index in [0.717, 1.165) is 31.5 Å². The molecule has 1 N–H and O–H groups in total.